The van der Waals surface area contributed by atoms with Gasteiger partial charge in [-0.2, -0.15) is 0 Å². The third-order valence-electron chi connectivity index (χ3n) is 7.28. The minimum Gasteiger partial charge on any atom is -0.448 e. The molecule has 2 atom stereocenters. The molecule has 3 aromatic carbocycles. The van der Waals surface area contributed by atoms with Gasteiger partial charge in [-0.15, -0.1) is 0 Å². The predicted octanol–water partition coefficient (Wildman–Crippen LogP) is 6.19. The fourth-order valence-electron chi connectivity index (χ4n) is 5.62. The summed E-state index contributed by atoms with van der Waals surface area (Å²) >= 11 is 0. The summed E-state index contributed by atoms with van der Waals surface area (Å²) in [7, 11) is 0. The number of ether oxygens (including phenoxy) is 2. The van der Waals surface area contributed by atoms with Gasteiger partial charge in [-0.25, -0.2) is 26.7 Å². The molecule has 1 fully saturated rings. The number of carbonyl (C=O) groups excluding carboxylic acids is 1. The molecule has 4 nitrogen and oxygen atoms in total. The molecule has 2 unspecified atom stereocenters. The molecule has 0 spiro atoms. The van der Waals surface area contributed by atoms with Gasteiger partial charge in [0.25, 0.3) is 0 Å². The number of fused-ring (bicyclic) bond motifs is 5. The number of rotatable bonds is 3. The summed E-state index contributed by atoms with van der Waals surface area (Å²) in [6.07, 6.45) is 0.530. The first-order chi connectivity index (χ1) is 17.9. The highest BCUT2D eigenvalue weighted by Crippen LogP contribution is 2.45. The lowest BCUT2D eigenvalue weighted by Gasteiger charge is -2.44. The van der Waals surface area contributed by atoms with E-state index in [1.54, 1.807) is 0 Å². The Balaban J connectivity index is 1.26. The largest absolute Gasteiger partial charge is 0.448 e. The number of benzene rings is 3. The minimum atomic E-state index is -2.21. The molecule has 3 aromatic rings. The second-order valence-electron chi connectivity index (χ2n) is 9.31. The highest BCUT2D eigenvalue weighted by molar-refractivity contribution is 5.79. The number of morpholine rings is 1. The molecule has 2 heterocycles. The molecule has 3 aliphatic rings. The van der Waals surface area contributed by atoms with Gasteiger partial charge in [0.15, 0.2) is 23.3 Å². The molecule has 1 aliphatic carbocycles. The van der Waals surface area contributed by atoms with Crippen LogP contribution in [0.25, 0.3) is 16.7 Å². The molecule has 37 heavy (non-hydrogen) atoms. The van der Waals surface area contributed by atoms with Crippen LogP contribution >= 0.6 is 0 Å². The molecule has 6 rings (SSSR count). The van der Waals surface area contributed by atoms with Crippen molar-refractivity contribution in [2.75, 3.05) is 19.8 Å². The van der Waals surface area contributed by atoms with Crippen molar-refractivity contribution in [1.29, 1.82) is 0 Å². The maximum atomic E-state index is 14.5. The van der Waals surface area contributed by atoms with E-state index >= 15 is 0 Å². The van der Waals surface area contributed by atoms with Crippen molar-refractivity contribution in [2.24, 2.45) is 0 Å². The first-order valence-corrected chi connectivity index (χ1v) is 11.8. The first-order valence-electron chi connectivity index (χ1n) is 11.8. The average molecular weight is 513 g/mol. The average Bonchev–Trinajstić information content (AvgIpc) is 3.22. The Labute approximate surface area is 208 Å². The topological polar surface area (TPSA) is 38.8 Å². The van der Waals surface area contributed by atoms with E-state index in [1.165, 1.54) is 11.0 Å². The summed E-state index contributed by atoms with van der Waals surface area (Å²) in [4.78, 5) is 14.6. The van der Waals surface area contributed by atoms with Gasteiger partial charge >= 0.3 is 6.09 Å². The van der Waals surface area contributed by atoms with E-state index in [4.69, 9.17) is 9.47 Å². The molecule has 0 saturated carbocycles. The van der Waals surface area contributed by atoms with Crippen molar-refractivity contribution in [3.05, 3.63) is 100 Å². The predicted molar refractivity (Wildman–Crippen MR) is 124 cm³/mol. The monoisotopic (exact) mass is 513 g/mol. The van der Waals surface area contributed by atoms with E-state index < -0.39 is 52.8 Å². The van der Waals surface area contributed by atoms with Crippen molar-refractivity contribution >= 4 is 11.7 Å². The molecule has 0 aromatic heterocycles. The molecular formula is C28H20F5NO3. The van der Waals surface area contributed by atoms with Crippen molar-refractivity contribution in [3.8, 4) is 11.1 Å². The highest BCUT2D eigenvalue weighted by atomic mass is 19.2. The smallest absolute Gasteiger partial charge is 0.410 e. The third-order valence-corrected chi connectivity index (χ3v) is 7.28. The van der Waals surface area contributed by atoms with E-state index in [2.05, 4.69) is 0 Å². The van der Waals surface area contributed by atoms with Crippen LogP contribution in [0.15, 0.2) is 54.6 Å². The van der Waals surface area contributed by atoms with E-state index in [9.17, 15) is 26.7 Å². The Hall–Kier alpha value is -3.72. The van der Waals surface area contributed by atoms with Crippen molar-refractivity contribution in [3.63, 3.8) is 0 Å². The SMILES string of the molecule is O=C(OCC1c2ccccc2-c2ccccc21)N1C2C=C(c3c(F)c(F)c(F)c(F)c3F)CC1COC2. The third kappa shape index (κ3) is 3.71. The molecule has 1 saturated heterocycles. The van der Waals surface area contributed by atoms with Gasteiger partial charge in [0.1, 0.15) is 6.61 Å². The second kappa shape index (κ2) is 8.99. The summed E-state index contributed by atoms with van der Waals surface area (Å²) in [6, 6.07) is 14.3. The van der Waals surface area contributed by atoms with Gasteiger partial charge in [-0.3, -0.25) is 4.90 Å². The number of carbonyl (C=O) groups is 1. The van der Waals surface area contributed by atoms with Crippen LogP contribution in [0.2, 0.25) is 0 Å². The fraction of sp³-hybridized carbons (Fsp3) is 0.250. The molecule has 190 valence electrons. The minimum absolute atomic E-state index is 0.000404. The van der Waals surface area contributed by atoms with Crippen molar-refractivity contribution in [2.45, 2.75) is 24.4 Å². The lowest BCUT2D eigenvalue weighted by atomic mass is 9.89. The zero-order valence-corrected chi connectivity index (χ0v) is 19.3. The van der Waals surface area contributed by atoms with E-state index in [0.717, 1.165) is 22.3 Å². The Morgan fingerprint density at radius 3 is 2.00 bits per heavy atom. The number of hydrogen-bond acceptors (Lipinski definition) is 3. The lowest BCUT2D eigenvalue weighted by Crippen LogP contribution is -2.56. The quantitative estimate of drug-likeness (QED) is 0.238. The molecular weight excluding hydrogens is 493 g/mol. The van der Waals surface area contributed by atoms with Gasteiger partial charge in [0, 0.05) is 5.92 Å². The summed E-state index contributed by atoms with van der Waals surface area (Å²) in [5.74, 6) is -10.2. The normalized spacial score (nSPS) is 20.4. The molecule has 0 radical (unpaired) electrons. The second-order valence-corrected chi connectivity index (χ2v) is 9.31. The molecule has 1 amide bonds. The van der Waals surface area contributed by atoms with Gasteiger partial charge in [0.2, 0.25) is 5.82 Å². The fourth-order valence-corrected chi connectivity index (χ4v) is 5.62. The highest BCUT2D eigenvalue weighted by Gasteiger charge is 2.41. The Morgan fingerprint density at radius 2 is 1.41 bits per heavy atom. The molecule has 2 aliphatic heterocycles. The van der Waals surface area contributed by atoms with Crippen molar-refractivity contribution < 1.29 is 36.2 Å². The van der Waals surface area contributed by atoms with E-state index in [0.29, 0.717) is 0 Å². The van der Waals surface area contributed by atoms with Gasteiger partial charge in [-0.1, -0.05) is 54.6 Å². The maximum absolute atomic E-state index is 14.5. The first kappa shape index (κ1) is 23.7. The maximum Gasteiger partial charge on any atom is 0.410 e. The standard InChI is InChI=1S/C28H20F5NO3/c29-23-22(24(30)26(32)27(33)25(23)31)14-9-15-11-36-12-16(10-14)34(15)28(35)37-13-21-19-7-3-1-5-17(19)18-6-2-4-8-20(18)21/h1-9,15-16,21H,10-13H2. The number of amides is 1. The molecule has 9 heteroatoms. The summed E-state index contributed by atoms with van der Waals surface area (Å²) in [6.45, 7) is 0.116. The summed E-state index contributed by atoms with van der Waals surface area (Å²) in [5, 5.41) is 0. The van der Waals surface area contributed by atoms with Crippen molar-refractivity contribution in [1.82, 2.24) is 4.90 Å². The van der Waals surface area contributed by atoms with Crippen LogP contribution in [0, 0.1) is 29.1 Å². The number of halogens is 5. The van der Waals surface area contributed by atoms with Crippen LogP contribution in [0.4, 0.5) is 26.7 Å². The summed E-state index contributed by atoms with van der Waals surface area (Å²) < 4.78 is 81.3. The Morgan fingerprint density at radius 1 is 0.838 bits per heavy atom. The van der Waals surface area contributed by atoms with Gasteiger partial charge in [-0.05, 0) is 34.2 Å². The Bertz CT molecular complexity index is 1380. The lowest BCUT2D eigenvalue weighted by molar-refractivity contribution is -0.0332. The zero-order chi connectivity index (χ0) is 25.8. The van der Waals surface area contributed by atoms with Crippen LogP contribution in [0.1, 0.15) is 29.0 Å². The van der Waals surface area contributed by atoms with E-state index in [1.807, 2.05) is 48.5 Å². The summed E-state index contributed by atoms with van der Waals surface area (Å²) in [5.41, 5.74) is 3.23. The van der Waals surface area contributed by atoms with Crippen LogP contribution in [0.5, 0.6) is 0 Å². The van der Waals surface area contributed by atoms with Gasteiger partial charge in [0.05, 0.1) is 30.9 Å². The number of hydrogen-bond donors (Lipinski definition) is 0. The number of nitrogens with zero attached hydrogens (tertiary/aromatic N) is 1. The van der Waals surface area contributed by atoms with E-state index in [-0.39, 0.29) is 37.7 Å². The van der Waals surface area contributed by atoms with Crippen LogP contribution in [-0.2, 0) is 9.47 Å². The zero-order valence-electron chi connectivity index (χ0n) is 19.3. The molecule has 2 bridgehead atoms. The molecule has 0 N–H and O–H groups in total. The Kier molecular flexibility index (Phi) is 5.75. The van der Waals surface area contributed by atoms with Crippen LogP contribution in [0.3, 0.4) is 0 Å². The van der Waals surface area contributed by atoms with Crippen LogP contribution in [-0.4, -0.2) is 42.9 Å². The van der Waals surface area contributed by atoms with Crippen LogP contribution < -0.4 is 0 Å². The van der Waals surface area contributed by atoms with Gasteiger partial charge < -0.3 is 9.47 Å².